The topological polar surface area (TPSA) is 75.2 Å². The largest absolute Gasteiger partial charge is 0.485 e. The molecule has 4 aromatic rings. The fraction of sp³-hybridized carbons (Fsp3) is 0.190. The van der Waals surface area contributed by atoms with Gasteiger partial charge in [-0.2, -0.15) is 0 Å². The monoisotopic (exact) mass is 438 g/mol. The van der Waals surface area contributed by atoms with Gasteiger partial charge >= 0.3 is 0 Å². The number of fused-ring (bicyclic) bond motifs is 1. The van der Waals surface area contributed by atoms with Gasteiger partial charge in [-0.15, -0.1) is 28.1 Å². The van der Waals surface area contributed by atoms with Crippen LogP contribution in [0, 0.1) is 0 Å². The quantitative estimate of drug-likeness (QED) is 0.297. The number of benzene rings is 1. The van der Waals surface area contributed by atoms with Gasteiger partial charge in [-0.05, 0) is 24.3 Å². The van der Waals surface area contributed by atoms with Crippen LogP contribution in [0.5, 0.6) is 11.5 Å². The van der Waals surface area contributed by atoms with Crippen molar-refractivity contribution in [2.45, 2.75) is 23.6 Å². The van der Waals surface area contributed by atoms with Crippen molar-refractivity contribution in [1.29, 1.82) is 0 Å². The molecule has 7 nitrogen and oxygen atoms in total. The molecule has 1 atom stereocenters. The van der Waals surface area contributed by atoms with E-state index in [0.29, 0.717) is 24.7 Å². The van der Waals surface area contributed by atoms with Gasteiger partial charge in [0.05, 0.1) is 12.0 Å². The number of nitrogens with zero attached hydrogens (tertiary/aromatic N) is 4. The van der Waals surface area contributed by atoms with Gasteiger partial charge in [0.2, 0.25) is 0 Å². The molecule has 152 valence electrons. The summed E-state index contributed by atoms with van der Waals surface area (Å²) >= 11 is 3.14. The first-order chi connectivity index (χ1) is 14.8. The van der Waals surface area contributed by atoms with Crippen molar-refractivity contribution in [3.05, 3.63) is 72.2 Å². The molecular weight excluding hydrogens is 420 g/mol. The lowest BCUT2D eigenvalue weighted by atomic mass is 10.2. The van der Waals surface area contributed by atoms with Crippen LogP contribution in [0.4, 0.5) is 0 Å². The van der Waals surface area contributed by atoms with Gasteiger partial charge in [-0.3, -0.25) is 4.57 Å². The molecule has 0 aliphatic carbocycles. The predicted molar refractivity (Wildman–Crippen MR) is 115 cm³/mol. The molecule has 1 aliphatic heterocycles. The first-order valence-electron chi connectivity index (χ1n) is 9.35. The fourth-order valence-electron chi connectivity index (χ4n) is 3.12. The van der Waals surface area contributed by atoms with Crippen molar-refractivity contribution < 1.29 is 13.9 Å². The van der Waals surface area contributed by atoms with Gasteiger partial charge in [0.15, 0.2) is 39.4 Å². The lowest BCUT2D eigenvalue weighted by Crippen LogP contribution is -2.25. The van der Waals surface area contributed by atoms with Gasteiger partial charge in [0, 0.05) is 17.7 Å². The molecule has 0 spiro atoms. The number of ether oxygens (including phenoxy) is 2. The molecule has 0 saturated carbocycles. The second-order valence-corrected chi connectivity index (χ2v) is 8.31. The predicted octanol–water partition coefficient (Wildman–Crippen LogP) is 4.99. The van der Waals surface area contributed by atoms with Crippen LogP contribution < -0.4 is 9.47 Å². The summed E-state index contributed by atoms with van der Waals surface area (Å²) in [6.45, 7) is 4.84. The van der Waals surface area contributed by atoms with Crippen LogP contribution in [0.2, 0.25) is 0 Å². The van der Waals surface area contributed by atoms with E-state index in [1.54, 1.807) is 29.4 Å². The third kappa shape index (κ3) is 3.73. The van der Waals surface area contributed by atoms with E-state index in [1.807, 2.05) is 52.4 Å². The number of thioether (sulfide) groups is 1. The average molecular weight is 439 g/mol. The first-order valence-corrected chi connectivity index (χ1v) is 11.2. The molecule has 5 rings (SSSR count). The third-order valence-corrected chi connectivity index (χ3v) is 6.39. The number of allylic oxidation sites excluding steroid dienone is 1. The molecule has 0 fully saturated rings. The van der Waals surface area contributed by atoms with Gasteiger partial charge in [-0.25, -0.2) is 4.98 Å². The highest BCUT2D eigenvalue weighted by atomic mass is 32.2. The Balaban J connectivity index is 1.33. The standard InChI is InChI=1S/C21H18N4O3S2/c1-2-9-25-19(18-11-27-15-6-3-4-7-16(15)28-18)23-24-21(25)30-13-14-12-29-20(22-14)17-8-5-10-26-17/h2-8,10,12,18H,1,9,11,13H2. The van der Waals surface area contributed by atoms with Crippen LogP contribution in [0.1, 0.15) is 17.6 Å². The van der Waals surface area contributed by atoms with Crippen molar-refractivity contribution in [3.8, 4) is 22.3 Å². The maximum absolute atomic E-state index is 6.11. The minimum atomic E-state index is -0.327. The smallest absolute Gasteiger partial charge is 0.192 e. The van der Waals surface area contributed by atoms with E-state index in [4.69, 9.17) is 13.9 Å². The lowest BCUT2D eigenvalue weighted by molar-refractivity contribution is 0.0821. The Hall–Kier alpha value is -3.04. The number of furan rings is 1. The molecule has 1 aromatic carbocycles. The fourth-order valence-corrected chi connectivity index (χ4v) is 4.86. The molecule has 0 N–H and O–H groups in total. The van der Waals surface area contributed by atoms with Crippen LogP contribution in [0.3, 0.4) is 0 Å². The van der Waals surface area contributed by atoms with Crippen LogP contribution in [0.15, 0.2) is 70.3 Å². The Morgan fingerprint density at radius 1 is 1.20 bits per heavy atom. The molecule has 0 bridgehead atoms. The maximum Gasteiger partial charge on any atom is 0.192 e. The highest BCUT2D eigenvalue weighted by Crippen LogP contribution is 2.36. The molecule has 4 heterocycles. The van der Waals surface area contributed by atoms with Gasteiger partial charge in [0.25, 0.3) is 0 Å². The van der Waals surface area contributed by atoms with E-state index in [0.717, 1.165) is 33.2 Å². The average Bonchev–Trinajstić information content (AvgIpc) is 3.53. The summed E-state index contributed by atoms with van der Waals surface area (Å²) in [6, 6.07) is 11.4. The van der Waals surface area contributed by atoms with Crippen LogP contribution in [0.25, 0.3) is 10.8 Å². The molecular formula is C21H18N4O3S2. The SMILES string of the molecule is C=CCn1c(SCc2csc(-c3ccco3)n2)nnc1C1COc2ccccc2O1. The molecule has 0 amide bonds. The Morgan fingerprint density at radius 3 is 2.93 bits per heavy atom. The maximum atomic E-state index is 6.11. The van der Waals surface area contributed by atoms with Crippen molar-refractivity contribution >= 4 is 23.1 Å². The molecule has 1 unspecified atom stereocenters. The highest BCUT2D eigenvalue weighted by Gasteiger charge is 2.28. The summed E-state index contributed by atoms with van der Waals surface area (Å²) in [5.41, 5.74) is 0.970. The zero-order chi connectivity index (χ0) is 20.3. The number of hydrogen-bond acceptors (Lipinski definition) is 8. The van der Waals surface area contributed by atoms with E-state index in [2.05, 4.69) is 21.8 Å². The second kappa shape index (κ2) is 8.37. The Bertz CT molecular complexity index is 1150. The summed E-state index contributed by atoms with van der Waals surface area (Å²) in [5, 5.41) is 12.5. The number of para-hydroxylation sites is 2. The Labute approximate surface area is 181 Å². The molecule has 0 radical (unpaired) electrons. The van der Waals surface area contributed by atoms with Crippen LogP contribution in [-0.4, -0.2) is 26.4 Å². The van der Waals surface area contributed by atoms with Gasteiger partial charge in [-0.1, -0.05) is 30.0 Å². The van der Waals surface area contributed by atoms with Gasteiger partial charge in [0.1, 0.15) is 6.61 Å². The number of aromatic nitrogens is 4. The lowest BCUT2D eigenvalue weighted by Gasteiger charge is -2.26. The van der Waals surface area contributed by atoms with Gasteiger partial charge < -0.3 is 13.9 Å². The van der Waals surface area contributed by atoms with E-state index in [1.165, 1.54) is 0 Å². The number of rotatable bonds is 7. The summed E-state index contributed by atoms with van der Waals surface area (Å²) in [4.78, 5) is 4.65. The molecule has 3 aromatic heterocycles. The Morgan fingerprint density at radius 2 is 2.10 bits per heavy atom. The van der Waals surface area contributed by atoms with Crippen molar-refractivity contribution in [2.24, 2.45) is 0 Å². The summed E-state index contributed by atoms with van der Waals surface area (Å²) in [7, 11) is 0. The summed E-state index contributed by atoms with van der Waals surface area (Å²) < 4.78 is 19.4. The van der Waals surface area contributed by atoms with E-state index in [-0.39, 0.29) is 6.10 Å². The van der Waals surface area contributed by atoms with E-state index in [9.17, 15) is 0 Å². The van der Waals surface area contributed by atoms with E-state index >= 15 is 0 Å². The first kappa shape index (κ1) is 19.0. The normalized spacial score (nSPS) is 15.3. The number of thiazole rings is 1. The molecule has 30 heavy (non-hydrogen) atoms. The zero-order valence-electron chi connectivity index (χ0n) is 15.9. The van der Waals surface area contributed by atoms with E-state index < -0.39 is 0 Å². The van der Waals surface area contributed by atoms with Crippen LogP contribution in [-0.2, 0) is 12.3 Å². The van der Waals surface area contributed by atoms with Crippen molar-refractivity contribution in [2.75, 3.05) is 6.61 Å². The second-order valence-electron chi connectivity index (χ2n) is 6.51. The number of hydrogen-bond donors (Lipinski definition) is 0. The van der Waals surface area contributed by atoms with Crippen LogP contribution >= 0.6 is 23.1 Å². The third-order valence-electron chi connectivity index (χ3n) is 4.49. The molecule has 1 aliphatic rings. The zero-order valence-corrected chi connectivity index (χ0v) is 17.6. The minimum Gasteiger partial charge on any atom is -0.485 e. The van der Waals surface area contributed by atoms with Crippen molar-refractivity contribution in [1.82, 2.24) is 19.7 Å². The molecule has 0 saturated heterocycles. The highest BCUT2D eigenvalue weighted by molar-refractivity contribution is 7.98. The summed E-state index contributed by atoms with van der Waals surface area (Å²) in [6.07, 6.45) is 3.15. The van der Waals surface area contributed by atoms with Crippen molar-refractivity contribution in [3.63, 3.8) is 0 Å². The summed E-state index contributed by atoms with van der Waals surface area (Å²) in [5.74, 6) is 3.64. The Kier molecular flexibility index (Phi) is 5.29. The molecule has 9 heteroatoms. The minimum absolute atomic E-state index is 0.327.